The van der Waals surface area contributed by atoms with Gasteiger partial charge in [-0.1, -0.05) is 0 Å². The molecule has 0 aromatic carbocycles. The molecular formula is C7H7NO2S. The summed E-state index contributed by atoms with van der Waals surface area (Å²) in [6, 6.07) is 3.29. The van der Waals surface area contributed by atoms with Crippen LogP contribution >= 0.6 is 0 Å². The molecule has 0 saturated carbocycles. The van der Waals surface area contributed by atoms with Gasteiger partial charge in [0.1, 0.15) is 5.69 Å². The van der Waals surface area contributed by atoms with Crippen LogP contribution in [0.5, 0.6) is 0 Å². The summed E-state index contributed by atoms with van der Waals surface area (Å²) in [5, 5.41) is 0. The fraction of sp³-hybridized carbons (Fsp3) is 0.143. The maximum atomic E-state index is 10.9. The first-order valence-corrected chi connectivity index (χ1v) is 4.55. The third kappa shape index (κ3) is 1.71. The van der Waals surface area contributed by atoms with Crippen LogP contribution in [0.3, 0.4) is 0 Å². The number of rotatable bonds is 2. The number of aldehydes is 1. The number of pyridine rings is 1. The maximum Gasteiger partial charge on any atom is 0.169 e. The first-order valence-electron chi connectivity index (χ1n) is 2.99. The lowest BCUT2D eigenvalue weighted by molar-refractivity contribution is 0.111. The molecule has 0 aliphatic heterocycles. The van der Waals surface area contributed by atoms with Gasteiger partial charge in [-0.05, 0) is 12.1 Å². The van der Waals surface area contributed by atoms with Gasteiger partial charge in [-0.25, -0.2) is 0 Å². The van der Waals surface area contributed by atoms with Gasteiger partial charge < -0.3 is 0 Å². The molecule has 1 heterocycles. The van der Waals surface area contributed by atoms with E-state index < -0.39 is 10.8 Å². The highest BCUT2D eigenvalue weighted by atomic mass is 32.2. The molecule has 1 aromatic heterocycles. The first-order chi connectivity index (χ1) is 5.25. The Labute approximate surface area is 66.9 Å². The molecule has 1 unspecified atom stereocenters. The molecule has 0 radical (unpaired) electrons. The van der Waals surface area contributed by atoms with E-state index in [1.54, 1.807) is 12.1 Å². The highest BCUT2D eigenvalue weighted by molar-refractivity contribution is 7.84. The summed E-state index contributed by atoms with van der Waals surface area (Å²) in [6.45, 7) is 0. The molecule has 3 nitrogen and oxygen atoms in total. The van der Waals surface area contributed by atoms with Crippen LogP contribution in [0.4, 0.5) is 0 Å². The van der Waals surface area contributed by atoms with Gasteiger partial charge in [0.2, 0.25) is 0 Å². The van der Waals surface area contributed by atoms with E-state index in [9.17, 15) is 9.00 Å². The summed E-state index contributed by atoms with van der Waals surface area (Å²) in [5.41, 5.74) is 0.258. The third-order valence-corrected chi connectivity index (χ3v) is 2.19. The van der Waals surface area contributed by atoms with Gasteiger partial charge in [0.15, 0.2) is 6.29 Å². The largest absolute Gasteiger partial charge is 0.296 e. The minimum atomic E-state index is -1.13. The average Bonchev–Trinajstić information content (AvgIpc) is 2.04. The van der Waals surface area contributed by atoms with Crippen LogP contribution in [0.2, 0.25) is 0 Å². The molecule has 0 spiro atoms. The van der Waals surface area contributed by atoms with Crippen molar-refractivity contribution in [3.8, 4) is 0 Å². The third-order valence-electron chi connectivity index (χ3n) is 1.22. The topological polar surface area (TPSA) is 47.0 Å². The molecule has 4 heteroatoms. The van der Waals surface area contributed by atoms with Crippen LogP contribution < -0.4 is 0 Å². The molecule has 1 aromatic rings. The zero-order valence-electron chi connectivity index (χ0n) is 5.98. The SMILES string of the molecule is CS(=O)c1cccnc1C=O. The zero-order valence-corrected chi connectivity index (χ0v) is 6.80. The fourth-order valence-electron chi connectivity index (χ4n) is 0.734. The molecular weight excluding hydrogens is 162 g/mol. The Morgan fingerprint density at radius 1 is 1.64 bits per heavy atom. The normalized spacial score (nSPS) is 12.5. The van der Waals surface area contributed by atoms with Crippen molar-refractivity contribution in [3.63, 3.8) is 0 Å². The Bertz CT molecular complexity index is 298. The second kappa shape index (κ2) is 3.39. The smallest absolute Gasteiger partial charge is 0.169 e. The molecule has 58 valence electrons. The number of nitrogens with zero attached hydrogens (tertiary/aromatic N) is 1. The van der Waals surface area contributed by atoms with E-state index in [0.717, 1.165) is 0 Å². The number of carbonyl (C=O) groups excluding carboxylic acids is 1. The minimum Gasteiger partial charge on any atom is -0.296 e. The van der Waals surface area contributed by atoms with Gasteiger partial charge >= 0.3 is 0 Å². The summed E-state index contributed by atoms with van der Waals surface area (Å²) in [4.78, 5) is 14.6. The van der Waals surface area contributed by atoms with Crippen molar-refractivity contribution in [1.29, 1.82) is 0 Å². The lowest BCUT2D eigenvalue weighted by Gasteiger charge is -1.96. The van der Waals surface area contributed by atoms with Crippen molar-refractivity contribution < 1.29 is 9.00 Å². The van der Waals surface area contributed by atoms with Crippen LogP contribution in [0, 0.1) is 0 Å². The number of carbonyl (C=O) groups is 1. The molecule has 1 rings (SSSR count). The molecule has 0 aliphatic carbocycles. The van der Waals surface area contributed by atoms with E-state index in [0.29, 0.717) is 11.2 Å². The van der Waals surface area contributed by atoms with Crippen molar-refractivity contribution in [2.75, 3.05) is 6.26 Å². The van der Waals surface area contributed by atoms with Gasteiger partial charge in [-0.2, -0.15) is 0 Å². The second-order valence-corrected chi connectivity index (χ2v) is 3.31. The van der Waals surface area contributed by atoms with Crippen molar-refractivity contribution in [1.82, 2.24) is 4.98 Å². The Balaban J connectivity index is 3.22. The molecule has 0 aliphatic rings. The lowest BCUT2D eigenvalue weighted by atomic mass is 10.4. The van der Waals surface area contributed by atoms with E-state index in [1.807, 2.05) is 0 Å². The summed E-state index contributed by atoms with van der Waals surface area (Å²) in [6.07, 6.45) is 3.63. The van der Waals surface area contributed by atoms with Gasteiger partial charge in [0.25, 0.3) is 0 Å². The Morgan fingerprint density at radius 2 is 2.36 bits per heavy atom. The molecule has 1 atom stereocenters. The van der Waals surface area contributed by atoms with E-state index in [1.165, 1.54) is 12.5 Å². The van der Waals surface area contributed by atoms with Gasteiger partial charge in [-0.15, -0.1) is 0 Å². The molecule has 0 amide bonds. The summed E-state index contributed by atoms with van der Waals surface area (Å²) in [5.74, 6) is 0. The van der Waals surface area contributed by atoms with Crippen LogP contribution in [0.25, 0.3) is 0 Å². The van der Waals surface area contributed by atoms with Gasteiger partial charge in [0, 0.05) is 12.5 Å². The van der Waals surface area contributed by atoms with Crippen molar-refractivity contribution in [3.05, 3.63) is 24.0 Å². The fourth-order valence-corrected chi connectivity index (χ4v) is 1.40. The van der Waals surface area contributed by atoms with Gasteiger partial charge in [-0.3, -0.25) is 14.0 Å². The summed E-state index contributed by atoms with van der Waals surface area (Å²) in [7, 11) is -1.13. The molecule has 0 saturated heterocycles. The average molecular weight is 169 g/mol. The lowest BCUT2D eigenvalue weighted by Crippen LogP contribution is -1.96. The molecule has 0 fully saturated rings. The number of hydrogen-bond acceptors (Lipinski definition) is 3. The van der Waals surface area contributed by atoms with E-state index in [2.05, 4.69) is 4.98 Å². The summed E-state index contributed by atoms with van der Waals surface area (Å²) >= 11 is 0. The van der Waals surface area contributed by atoms with Gasteiger partial charge in [0.05, 0.1) is 15.7 Å². The van der Waals surface area contributed by atoms with Crippen molar-refractivity contribution >= 4 is 17.1 Å². The number of hydrogen-bond donors (Lipinski definition) is 0. The van der Waals surface area contributed by atoms with Crippen LogP contribution in [-0.4, -0.2) is 21.7 Å². The molecule has 0 N–H and O–H groups in total. The molecule has 11 heavy (non-hydrogen) atoms. The van der Waals surface area contributed by atoms with E-state index in [4.69, 9.17) is 0 Å². The van der Waals surface area contributed by atoms with E-state index >= 15 is 0 Å². The molecule has 0 bridgehead atoms. The highest BCUT2D eigenvalue weighted by Crippen LogP contribution is 2.06. The predicted molar refractivity (Wildman–Crippen MR) is 42.0 cm³/mol. The Morgan fingerprint density at radius 3 is 2.82 bits per heavy atom. The van der Waals surface area contributed by atoms with Crippen LogP contribution in [0.1, 0.15) is 10.5 Å². The highest BCUT2D eigenvalue weighted by Gasteiger charge is 2.03. The van der Waals surface area contributed by atoms with Crippen molar-refractivity contribution in [2.24, 2.45) is 0 Å². The van der Waals surface area contributed by atoms with Crippen molar-refractivity contribution in [2.45, 2.75) is 4.90 Å². The standard InChI is InChI=1S/C7H7NO2S/c1-11(10)7-3-2-4-8-6(7)5-9/h2-5H,1H3. The minimum absolute atomic E-state index is 0.258. The predicted octanol–water partition coefficient (Wildman–Crippen LogP) is 0.632. The summed E-state index contributed by atoms with van der Waals surface area (Å²) < 4.78 is 10.9. The first kappa shape index (κ1) is 8.07. The maximum absolute atomic E-state index is 10.9. The Kier molecular flexibility index (Phi) is 2.48. The van der Waals surface area contributed by atoms with E-state index in [-0.39, 0.29) is 5.69 Å². The quantitative estimate of drug-likeness (QED) is 0.610. The Hall–Kier alpha value is -1.03. The van der Waals surface area contributed by atoms with Crippen LogP contribution in [-0.2, 0) is 10.8 Å². The van der Waals surface area contributed by atoms with Crippen LogP contribution in [0.15, 0.2) is 23.2 Å². The number of aromatic nitrogens is 1. The monoisotopic (exact) mass is 169 g/mol. The second-order valence-electron chi connectivity index (χ2n) is 1.96. The zero-order chi connectivity index (χ0) is 8.27.